The molecule has 0 radical (unpaired) electrons. The van der Waals surface area contributed by atoms with Gasteiger partial charge in [0.1, 0.15) is 0 Å². The van der Waals surface area contributed by atoms with Gasteiger partial charge in [-0.1, -0.05) is 18.2 Å². The monoisotopic (exact) mass is 200 g/mol. The van der Waals surface area contributed by atoms with Crippen LogP contribution in [0.5, 0.6) is 0 Å². The first kappa shape index (κ1) is 8.40. The Morgan fingerprint density at radius 2 is 2.25 bits per heavy atom. The number of aryl methyl sites for hydroxylation is 1. The van der Waals surface area contributed by atoms with E-state index in [0.29, 0.717) is 5.88 Å². The minimum absolute atomic E-state index is 0.190. The molecule has 0 saturated carbocycles. The maximum atomic E-state index is 6.17. The Kier molecular flexibility index (Phi) is 2.29. The number of rotatable bonds is 1. The molecule has 0 bridgehead atoms. The van der Waals surface area contributed by atoms with Gasteiger partial charge in [-0.2, -0.15) is 0 Å². The molecule has 12 heavy (non-hydrogen) atoms. The molecule has 64 valence electrons. The van der Waals surface area contributed by atoms with Crippen molar-refractivity contribution in [3.8, 4) is 0 Å². The van der Waals surface area contributed by atoms with E-state index in [1.165, 1.54) is 16.7 Å². The normalized spacial score (nSPS) is 21.0. The Balaban J connectivity index is 2.53. The smallest absolute Gasteiger partial charge is 0.0594 e. The first-order chi connectivity index (χ1) is 5.83. The fourth-order valence-corrected chi connectivity index (χ4v) is 2.45. The maximum Gasteiger partial charge on any atom is 0.0594 e. The summed E-state index contributed by atoms with van der Waals surface area (Å²) in [6.07, 6.45) is 2.17. The molecule has 0 aliphatic heterocycles. The van der Waals surface area contributed by atoms with Crippen LogP contribution in [-0.2, 0) is 12.3 Å². The minimum Gasteiger partial charge on any atom is -0.122 e. The van der Waals surface area contributed by atoms with E-state index in [1.54, 1.807) is 0 Å². The summed E-state index contributed by atoms with van der Waals surface area (Å²) < 4.78 is 0. The number of hydrogen-bond acceptors (Lipinski definition) is 0. The van der Waals surface area contributed by atoms with Crippen molar-refractivity contribution in [2.24, 2.45) is 0 Å². The molecule has 1 aromatic rings. The fraction of sp³-hybridized carbons (Fsp3) is 0.400. The number of hydrogen-bond donors (Lipinski definition) is 0. The summed E-state index contributed by atoms with van der Waals surface area (Å²) in [7, 11) is 0. The highest BCUT2D eigenvalue weighted by atomic mass is 35.5. The van der Waals surface area contributed by atoms with E-state index in [-0.39, 0.29) is 5.38 Å². The molecule has 0 aromatic heterocycles. The van der Waals surface area contributed by atoms with Crippen molar-refractivity contribution in [3.63, 3.8) is 0 Å². The second-order valence-electron chi connectivity index (χ2n) is 3.13. The van der Waals surface area contributed by atoms with Crippen LogP contribution in [0.4, 0.5) is 0 Å². The summed E-state index contributed by atoms with van der Waals surface area (Å²) in [5, 5.41) is 0.190. The SMILES string of the molecule is ClCc1cccc2c1C(Cl)CC2. The Morgan fingerprint density at radius 1 is 1.42 bits per heavy atom. The molecular weight excluding hydrogens is 191 g/mol. The molecule has 0 saturated heterocycles. The minimum atomic E-state index is 0.190. The second kappa shape index (κ2) is 3.27. The quantitative estimate of drug-likeness (QED) is 0.608. The summed E-state index contributed by atoms with van der Waals surface area (Å²) in [4.78, 5) is 0. The summed E-state index contributed by atoms with van der Waals surface area (Å²) in [5.41, 5.74) is 3.87. The lowest BCUT2D eigenvalue weighted by atomic mass is 10.0. The van der Waals surface area contributed by atoms with Gasteiger partial charge in [0.15, 0.2) is 0 Å². The lowest BCUT2D eigenvalue weighted by Gasteiger charge is -2.07. The number of halogens is 2. The van der Waals surface area contributed by atoms with E-state index < -0.39 is 0 Å². The largest absolute Gasteiger partial charge is 0.122 e. The van der Waals surface area contributed by atoms with Gasteiger partial charge in [0.25, 0.3) is 0 Å². The van der Waals surface area contributed by atoms with E-state index in [4.69, 9.17) is 23.2 Å². The molecule has 2 heteroatoms. The van der Waals surface area contributed by atoms with Crippen molar-refractivity contribution >= 4 is 23.2 Å². The number of benzene rings is 1. The van der Waals surface area contributed by atoms with Crippen molar-refractivity contribution in [1.29, 1.82) is 0 Å². The van der Waals surface area contributed by atoms with E-state index in [1.807, 2.05) is 0 Å². The zero-order valence-electron chi connectivity index (χ0n) is 6.69. The maximum absolute atomic E-state index is 6.17. The van der Waals surface area contributed by atoms with Crippen LogP contribution in [0, 0.1) is 0 Å². The van der Waals surface area contributed by atoms with Crippen LogP contribution in [0.3, 0.4) is 0 Å². The molecule has 2 rings (SSSR count). The average Bonchev–Trinajstić information content (AvgIpc) is 2.48. The molecule has 1 unspecified atom stereocenters. The van der Waals surface area contributed by atoms with E-state index >= 15 is 0 Å². The fourth-order valence-electron chi connectivity index (χ4n) is 1.83. The Labute approximate surface area is 82.5 Å². The van der Waals surface area contributed by atoms with Crippen LogP contribution in [0.1, 0.15) is 28.5 Å². The van der Waals surface area contributed by atoms with Gasteiger partial charge in [-0.15, -0.1) is 23.2 Å². The Hall–Kier alpha value is -0.200. The molecule has 1 aliphatic rings. The molecule has 0 nitrogen and oxygen atoms in total. The summed E-state index contributed by atoms with van der Waals surface area (Å²) >= 11 is 12.0. The van der Waals surface area contributed by atoms with Gasteiger partial charge < -0.3 is 0 Å². The molecule has 1 aromatic carbocycles. The van der Waals surface area contributed by atoms with Gasteiger partial charge >= 0.3 is 0 Å². The summed E-state index contributed by atoms with van der Waals surface area (Å²) in [6.45, 7) is 0. The van der Waals surface area contributed by atoms with Gasteiger partial charge in [0.2, 0.25) is 0 Å². The highest BCUT2D eigenvalue weighted by Gasteiger charge is 2.22. The third kappa shape index (κ3) is 1.23. The van der Waals surface area contributed by atoms with E-state index in [2.05, 4.69) is 18.2 Å². The highest BCUT2D eigenvalue weighted by molar-refractivity contribution is 6.22. The second-order valence-corrected chi connectivity index (χ2v) is 3.92. The molecule has 0 amide bonds. The van der Waals surface area contributed by atoms with Crippen LogP contribution >= 0.6 is 23.2 Å². The third-order valence-corrected chi connectivity index (χ3v) is 3.14. The van der Waals surface area contributed by atoms with Crippen molar-refractivity contribution in [1.82, 2.24) is 0 Å². The highest BCUT2D eigenvalue weighted by Crippen LogP contribution is 2.38. The van der Waals surface area contributed by atoms with Crippen molar-refractivity contribution in [2.75, 3.05) is 0 Å². The zero-order chi connectivity index (χ0) is 8.55. The van der Waals surface area contributed by atoms with Gasteiger partial charge in [0, 0.05) is 5.88 Å². The van der Waals surface area contributed by atoms with Crippen LogP contribution in [0.25, 0.3) is 0 Å². The zero-order valence-corrected chi connectivity index (χ0v) is 8.20. The Bertz CT molecular complexity index is 294. The molecule has 0 heterocycles. The van der Waals surface area contributed by atoms with Crippen molar-refractivity contribution in [3.05, 3.63) is 34.9 Å². The molecule has 1 atom stereocenters. The predicted octanol–water partition coefficient (Wildman–Crippen LogP) is 3.65. The van der Waals surface area contributed by atoms with E-state index in [0.717, 1.165) is 12.8 Å². The first-order valence-electron chi connectivity index (χ1n) is 4.13. The standard InChI is InChI=1S/C10H10Cl2/c11-6-8-3-1-2-7-4-5-9(12)10(7)8/h1-3,9H,4-6H2. The molecule has 1 aliphatic carbocycles. The summed E-state index contributed by atoms with van der Waals surface area (Å²) in [6, 6.07) is 6.27. The van der Waals surface area contributed by atoms with Crippen LogP contribution in [-0.4, -0.2) is 0 Å². The van der Waals surface area contributed by atoms with Gasteiger partial charge in [0.05, 0.1) is 5.38 Å². The van der Waals surface area contributed by atoms with Crippen molar-refractivity contribution in [2.45, 2.75) is 24.1 Å². The van der Waals surface area contributed by atoms with Gasteiger partial charge in [-0.3, -0.25) is 0 Å². The van der Waals surface area contributed by atoms with Gasteiger partial charge in [-0.05, 0) is 29.5 Å². The lowest BCUT2D eigenvalue weighted by molar-refractivity contribution is 0.878. The molecule has 0 spiro atoms. The molecule has 0 N–H and O–H groups in total. The third-order valence-electron chi connectivity index (χ3n) is 2.41. The average molecular weight is 201 g/mol. The Morgan fingerprint density at radius 3 is 3.00 bits per heavy atom. The molecule has 0 fully saturated rings. The topological polar surface area (TPSA) is 0 Å². The predicted molar refractivity (Wildman–Crippen MR) is 52.9 cm³/mol. The van der Waals surface area contributed by atoms with Crippen LogP contribution < -0.4 is 0 Å². The van der Waals surface area contributed by atoms with E-state index in [9.17, 15) is 0 Å². The first-order valence-corrected chi connectivity index (χ1v) is 5.10. The van der Waals surface area contributed by atoms with Crippen LogP contribution in [0.2, 0.25) is 0 Å². The number of fused-ring (bicyclic) bond motifs is 1. The number of alkyl halides is 2. The summed E-state index contributed by atoms with van der Waals surface area (Å²) in [5.74, 6) is 0.576. The molecular formula is C10H10Cl2. The lowest BCUT2D eigenvalue weighted by Crippen LogP contribution is -1.91. The van der Waals surface area contributed by atoms with Gasteiger partial charge in [-0.25, -0.2) is 0 Å². The van der Waals surface area contributed by atoms with Crippen molar-refractivity contribution < 1.29 is 0 Å². The van der Waals surface area contributed by atoms with Crippen LogP contribution in [0.15, 0.2) is 18.2 Å².